The predicted molar refractivity (Wildman–Crippen MR) is 68.6 cm³/mol. The van der Waals surface area contributed by atoms with Crippen molar-refractivity contribution in [2.45, 2.75) is 57.3 Å². The van der Waals surface area contributed by atoms with E-state index in [1.807, 2.05) is 0 Å². The molecule has 1 heterocycles. The Morgan fingerprint density at radius 2 is 2.18 bits per heavy atom. The maximum Gasteiger partial charge on any atom is 0.125 e. The molecule has 1 aliphatic carbocycles. The lowest BCUT2D eigenvalue weighted by Gasteiger charge is -2.29. The van der Waals surface area contributed by atoms with Crippen molar-refractivity contribution in [2.24, 2.45) is 0 Å². The lowest BCUT2D eigenvalue weighted by atomic mass is 9.92. The van der Waals surface area contributed by atoms with Crippen molar-refractivity contribution < 1.29 is 10.2 Å². The molecular formula is C12H19BrN2O2. The van der Waals surface area contributed by atoms with Crippen LogP contribution < -0.4 is 0 Å². The molecule has 1 atom stereocenters. The highest BCUT2D eigenvalue weighted by molar-refractivity contribution is 9.10. The van der Waals surface area contributed by atoms with Crippen LogP contribution in [-0.4, -0.2) is 25.6 Å². The minimum Gasteiger partial charge on any atom is -0.387 e. The number of aliphatic hydroxyl groups excluding tert-OH is 1. The van der Waals surface area contributed by atoms with Crippen molar-refractivity contribution in [3.05, 3.63) is 16.4 Å². The molecular weight excluding hydrogens is 284 g/mol. The van der Waals surface area contributed by atoms with Crippen LogP contribution >= 0.6 is 15.9 Å². The Hall–Kier alpha value is -0.390. The zero-order chi connectivity index (χ0) is 12.5. The Morgan fingerprint density at radius 1 is 1.53 bits per heavy atom. The van der Waals surface area contributed by atoms with Crippen LogP contribution in [0.2, 0.25) is 0 Å². The molecule has 96 valence electrons. The highest BCUT2D eigenvalue weighted by Gasteiger charge is 2.41. The van der Waals surface area contributed by atoms with Crippen LogP contribution in [0.5, 0.6) is 0 Å². The number of nitrogens with zero attached hydrogens (tertiary/aromatic N) is 2. The SMILES string of the molecule is CCCn1ncc(Br)c1C(O)C1(O)CCCC1. The standard InChI is InChI=1S/C12H19BrN2O2/c1-2-7-15-10(9(13)8-14-15)11(16)12(17)5-3-4-6-12/h8,11,16-17H,2-7H2,1H3. The van der Waals surface area contributed by atoms with Gasteiger partial charge in [-0.05, 0) is 35.2 Å². The third-order valence-corrected chi connectivity index (χ3v) is 4.12. The molecule has 0 radical (unpaired) electrons. The van der Waals surface area contributed by atoms with Gasteiger partial charge in [-0.2, -0.15) is 5.10 Å². The van der Waals surface area contributed by atoms with Crippen LogP contribution in [0.3, 0.4) is 0 Å². The van der Waals surface area contributed by atoms with E-state index in [2.05, 4.69) is 28.0 Å². The molecule has 17 heavy (non-hydrogen) atoms. The molecule has 1 fully saturated rings. The van der Waals surface area contributed by atoms with Gasteiger partial charge in [0.2, 0.25) is 0 Å². The molecule has 1 aromatic heterocycles. The van der Waals surface area contributed by atoms with Gasteiger partial charge in [-0.3, -0.25) is 4.68 Å². The molecule has 1 unspecified atom stereocenters. The first kappa shape index (κ1) is 13.1. The molecule has 2 N–H and O–H groups in total. The monoisotopic (exact) mass is 302 g/mol. The molecule has 0 aliphatic heterocycles. The van der Waals surface area contributed by atoms with Gasteiger partial charge in [-0.25, -0.2) is 0 Å². The molecule has 1 saturated carbocycles. The predicted octanol–water partition coefficient (Wildman–Crippen LogP) is 2.39. The molecule has 4 nitrogen and oxygen atoms in total. The van der Waals surface area contributed by atoms with Crippen molar-refractivity contribution >= 4 is 15.9 Å². The quantitative estimate of drug-likeness (QED) is 0.898. The second-order valence-electron chi connectivity index (χ2n) is 4.81. The summed E-state index contributed by atoms with van der Waals surface area (Å²) in [6, 6.07) is 0. The minimum absolute atomic E-state index is 0.665. The highest BCUT2D eigenvalue weighted by atomic mass is 79.9. The van der Waals surface area contributed by atoms with Crippen molar-refractivity contribution in [3.8, 4) is 0 Å². The molecule has 2 rings (SSSR count). The number of aryl methyl sites for hydroxylation is 1. The van der Waals surface area contributed by atoms with E-state index >= 15 is 0 Å². The summed E-state index contributed by atoms with van der Waals surface area (Å²) in [7, 11) is 0. The Labute approximate surface area is 110 Å². The van der Waals surface area contributed by atoms with Gasteiger partial charge < -0.3 is 10.2 Å². The second kappa shape index (κ2) is 5.08. The zero-order valence-corrected chi connectivity index (χ0v) is 11.7. The summed E-state index contributed by atoms with van der Waals surface area (Å²) in [4.78, 5) is 0. The molecule has 0 bridgehead atoms. The van der Waals surface area contributed by atoms with Gasteiger partial charge in [-0.1, -0.05) is 19.8 Å². The summed E-state index contributed by atoms with van der Waals surface area (Å²) >= 11 is 3.40. The van der Waals surface area contributed by atoms with Crippen LogP contribution in [-0.2, 0) is 6.54 Å². The molecule has 1 aromatic rings. The average Bonchev–Trinajstić information content (AvgIpc) is 2.87. The number of rotatable bonds is 4. The second-order valence-corrected chi connectivity index (χ2v) is 5.67. The summed E-state index contributed by atoms with van der Waals surface area (Å²) in [5.41, 5.74) is -0.273. The maximum atomic E-state index is 10.4. The normalized spacial score (nSPS) is 20.7. The van der Waals surface area contributed by atoms with Crippen molar-refractivity contribution in [2.75, 3.05) is 0 Å². The number of aromatic nitrogens is 2. The summed E-state index contributed by atoms with van der Waals surface area (Å²) < 4.78 is 2.56. The van der Waals surface area contributed by atoms with E-state index in [4.69, 9.17) is 0 Å². The summed E-state index contributed by atoms with van der Waals surface area (Å²) in [5.74, 6) is 0. The fourth-order valence-electron chi connectivity index (χ4n) is 2.55. The van der Waals surface area contributed by atoms with Crippen LogP contribution in [0, 0.1) is 0 Å². The smallest absolute Gasteiger partial charge is 0.125 e. The number of hydrogen-bond donors (Lipinski definition) is 2. The van der Waals surface area contributed by atoms with Crippen molar-refractivity contribution in [1.29, 1.82) is 0 Å². The molecule has 0 amide bonds. The molecule has 1 aliphatic rings. The Bertz CT molecular complexity index is 386. The maximum absolute atomic E-state index is 10.4. The average molecular weight is 303 g/mol. The third-order valence-electron chi connectivity index (χ3n) is 3.51. The van der Waals surface area contributed by atoms with E-state index in [9.17, 15) is 10.2 Å². The Morgan fingerprint density at radius 3 is 2.76 bits per heavy atom. The Kier molecular flexibility index (Phi) is 3.90. The molecule has 5 heteroatoms. The van der Waals surface area contributed by atoms with E-state index < -0.39 is 11.7 Å². The summed E-state index contributed by atoms with van der Waals surface area (Å²) in [6.07, 6.45) is 5.07. The fraction of sp³-hybridized carbons (Fsp3) is 0.750. The van der Waals surface area contributed by atoms with Crippen LogP contribution in [0.15, 0.2) is 10.7 Å². The van der Waals surface area contributed by atoms with E-state index in [1.165, 1.54) is 0 Å². The van der Waals surface area contributed by atoms with Crippen molar-refractivity contribution in [1.82, 2.24) is 9.78 Å². The first-order valence-electron chi connectivity index (χ1n) is 6.20. The molecule has 0 aromatic carbocycles. The van der Waals surface area contributed by atoms with E-state index in [1.54, 1.807) is 10.9 Å². The van der Waals surface area contributed by atoms with Gasteiger partial charge >= 0.3 is 0 Å². The summed E-state index contributed by atoms with van der Waals surface area (Å²) in [5, 5.41) is 25.1. The van der Waals surface area contributed by atoms with E-state index in [0.29, 0.717) is 18.5 Å². The number of hydrogen-bond acceptors (Lipinski definition) is 3. The fourth-order valence-corrected chi connectivity index (χ4v) is 3.06. The summed E-state index contributed by atoms with van der Waals surface area (Å²) in [6.45, 7) is 2.82. The lowest BCUT2D eigenvalue weighted by molar-refractivity contribution is -0.0759. The first-order valence-corrected chi connectivity index (χ1v) is 6.99. The van der Waals surface area contributed by atoms with Crippen LogP contribution in [0.4, 0.5) is 0 Å². The molecule has 0 spiro atoms. The molecule has 0 saturated heterocycles. The van der Waals surface area contributed by atoms with Crippen LogP contribution in [0.1, 0.15) is 50.8 Å². The Balaban J connectivity index is 2.29. The van der Waals surface area contributed by atoms with Gasteiger partial charge in [-0.15, -0.1) is 0 Å². The van der Waals surface area contributed by atoms with Gasteiger partial charge in [0.05, 0.1) is 22.0 Å². The number of aliphatic hydroxyl groups is 2. The third kappa shape index (κ3) is 2.41. The van der Waals surface area contributed by atoms with E-state index in [-0.39, 0.29) is 0 Å². The van der Waals surface area contributed by atoms with Crippen molar-refractivity contribution in [3.63, 3.8) is 0 Å². The van der Waals surface area contributed by atoms with Crippen LogP contribution in [0.25, 0.3) is 0 Å². The zero-order valence-electron chi connectivity index (χ0n) is 10.1. The highest BCUT2D eigenvalue weighted by Crippen LogP contribution is 2.41. The first-order chi connectivity index (χ1) is 8.08. The number of halogens is 1. The van der Waals surface area contributed by atoms with Gasteiger partial charge in [0, 0.05) is 6.54 Å². The van der Waals surface area contributed by atoms with E-state index in [0.717, 1.165) is 30.3 Å². The lowest BCUT2D eigenvalue weighted by Crippen LogP contribution is -2.34. The topological polar surface area (TPSA) is 58.3 Å². The van der Waals surface area contributed by atoms with Gasteiger partial charge in [0.15, 0.2) is 0 Å². The van der Waals surface area contributed by atoms with Gasteiger partial charge in [0.1, 0.15) is 6.10 Å². The van der Waals surface area contributed by atoms with Gasteiger partial charge in [0.25, 0.3) is 0 Å². The largest absolute Gasteiger partial charge is 0.387 e. The minimum atomic E-state index is -0.978.